The Morgan fingerprint density at radius 3 is 2.56 bits per heavy atom. The van der Waals surface area contributed by atoms with Crippen molar-refractivity contribution in [3.63, 3.8) is 0 Å². The highest BCUT2D eigenvalue weighted by molar-refractivity contribution is 6.44. The zero-order chi connectivity index (χ0) is 7.11. The molecule has 0 fully saturated rings. The van der Waals surface area contributed by atoms with Crippen molar-refractivity contribution in [1.82, 2.24) is 0 Å². The zero-order valence-corrected chi connectivity index (χ0v) is 6.78. The smallest absolute Gasteiger partial charge is 0.146 e. The lowest BCUT2D eigenvalue weighted by Gasteiger charge is -2.01. The van der Waals surface area contributed by atoms with Crippen molar-refractivity contribution < 1.29 is 9.47 Å². The van der Waals surface area contributed by atoms with Gasteiger partial charge in [0.15, 0.2) is 0 Å². The van der Waals surface area contributed by atoms with Crippen molar-refractivity contribution in [3.8, 4) is 0 Å². The highest BCUT2D eigenvalue weighted by atomic mass is 35.5. The molecule has 0 heterocycles. The van der Waals surface area contributed by atoms with Gasteiger partial charge in [-0.05, 0) is 0 Å². The molecule has 4 heteroatoms. The maximum atomic E-state index is 5.40. The minimum absolute atomic E-state index is 0.306. The van der Waals surface area contributed by atoms with Crippen LogP contribution in [0.2, 0.25) is 0 Å². The Kier molecular flexibility index (Phi) is 6.99. The summed E-state index contributed by atoms with van der Waals surface area (Å²) in [6, 6.07) is 0. The maximum Gasteiger partial charge on any atom is 0.146 e. The normalized spacial score (nSPS) is 10.7. The number of rotatable bonds is 5. The first-order chi connectivity index (χ1) is 4.27. The maximum absolute atomic E-state index is 5.40. The van der Waals surface area contributed by atoms with E-state index in [9.17, 15) is 0 Å². The van der Waals surface area contributed by atoms with Gasteiger partial charge >= 0.3 is 0 Å². The average Bonchev–Trinajstić information content (AvgIpc) is 1.80. The minimum atomic E-state index is -0.332. The molecular weight excluding hydrogens is 163 g/mol. The lowest BCUT2D eigenvalue weighted by atomic mass is 10.5. The topological polar surface area (TPSA) is 18.5 Å². The SMILES string of the molecule is COCOCCC(Cl)Cl. The van der Waals surface area contributed by atoms with E-state index < -0.39 is 0 Å². The molecule has 0 radical (unpaired) electrons. The van der Waals surface area contributed by atoms with Crippen molar-refractivity contribution in [2.24, 2.45) is 0 Å². The summed E-state index contributed by atoms with van der Waals surface area (Å²) in [5.41, 5.74) is 0. The monoisotopic (exact) mass is 172 g/mol. The van der Waals surface area contributed by atoms with E-state index in [4.69, 9.17) is 27.9 Å². The van der Waals surface area contributed by atoms with Gasteiger partial charge in [0.05, 0.1) is 6.61 Å². The molecule has 0 N–H and O–H groups in total. The van der Waals surface area contributed by atoms with Gasteiger partial charge in [-0.3, -0.25) is 0 Å². The van der Waals surface area contributed by atoms with Gasteiger partial charge in [0.25, 0.3) is 0 Å². The van der Waals surface area contributed by atoms with Crippen LogP contribution < -0.4 is 0 Å². The van der Waals surface area contributed by atoms with Crippen LogP contribution in [0, 0.1) is 0 Å². The summed E-state index contributed by atoms with van der Waals surface area (Å²) in [4.78, 5) is -0.332. The van der Waals surface area contributed by atoms with E-state index in [0.29, 0.717) is 19.8 Å². The molecule has 0 saturated heterocycles. The van der Waals surface area contributed by atoms with Gasteiger partial charge < -0.3 is 9.47 Å². The van der Waals surface area contributed by atoms with Gasteiger partial charge in [-0.15, -0.1) is 23.2 Å². The van der Waals surface area contributed by atoms with Gasteiger partial charge in [0.1, 0.15) is 11.6 Å². The first kappa shape index (κ1) is 9.50. The number of alkyl halides is 2. The summed E-state index contributed by atoms with van der Waals surface area (Å²) < 4.78 is 9.52. The van der Waals surface area contributed by atoms with Gasteiger partial charge in [-0.2, -0.15) is 0 Å². The second kappa shape index (κ2) is 6.62. The molecule has 0 aromatic heterocycles. The Labute approximate surface area is 65.0 Å². The van der Waals surface area contributed by atoms with Crippen LogP contribution in [-0.4, -0.2) is 25.3 Å². The first-order valence-corrected chi connectivity index (χ1v) is 3.49. The second-order valence-electron chi connectivity index (χ2n) is 1.49. The van der Waals surface area contributed by atoms with E-state index in [1.165, 1.54) is 0 Å². The summed E-state index contributed by atoms with van der Waals surface area (Å²) in [5, 5.41) is 0. The summed E-state index contributed by atoms with van der Waals surface area (Å²) in [5.74, 6) is 0. The van der Waals surface area contributed by atoms with Crippen molar-refractivity contribution in [2.45, 2.75) is 11.3 Å². The fourth-order valence-corrected chi connectivity index (χ4v) is 0.493. The van der Waals surface area contributed by atoms with Crippen molar-refractivity contribution in [3.05, 3.63) is 0 Å². The lowest BCUT2D eigenvalue weighted by molar-refractivity contribution is -0.0303. The Balaban J connectivity index is 2.75. The summed E-state index contributed by atoms with van der Waals surface area (Å²) in [7, 11) is 1.57. The number of ether oxygens (including phenoxy) is 2. The molecule has 0 amide bonds. The Morgan fingerprint density at radius 2 is 2.11 bits per heavy atom. The van der Waals surface area contributed by atoms with E-state index in [1.54, 1.807) is 7.11 Å². The van der Waals surface area contributed by atoms with Gasteiger partial charge in [-0.1, -0.05) is 0 Å². The summed E-state index contributed by atoms with van der Waals surface area (Å²) in [6.07, 6.45) is 0.645. The Morgan fingerprint density at radius 1 is 1.44 bits per heavy atom. The number of halogens is 2. The molecule has 0 aliphatic rings. The van der Waals surface area contributed by atoms with Crippen LogP contribution in [0.1, 0.15) is 6.42 Å². The van der Waals surface area contributed by atoms with E-state index in [0.717, 1.165) is 0 Å². The summed E-state index contributed by atoms with van der Waals surface area (Å²) >= 11 is 10.8. The lowest BCUT2D eigenvalue weighted by Crippen LogP contribution is -2.01. The average molecular weight is 173 g/mol. The summed E-state index contributed by atoms with van der Waals surface area (Å²) in [6.45, 7) is 0.853. The van der Waals surface area contributed by atoms with E-state index in [1.807, 2.05) is 0 Å². The van der Waals surface area contributed by atoms with Crippen LogP contribution in [0.3, 0.4) is 0 Å². The third kappa shape index (κ3) is 8.50. The molecule has 0 aliphatic heterocycles. The molecule has 0 saturated carbocycles. The molecule has 2 nitrogen and oxygen atoms in total. The van der Waals surface area contributed by atoms with Crippen LogP contribution in [-0.2, 0) is 9.47 Å². The van der Waals surface area contributed by atoms with Gasteiger partial charge in [0, 0.05) is 13.5 Å². The molecule has 0 aromatic carbocycles. The van der Waals surface area contributed by atoms with E-state index in [-0.39, 0.29) is 4.84 Å². The van der Waals surface area contributed by atoms with Crippen LogP contribution in [0.5, 0.6) is 0 Å². The molecule has 0 spiro atoms. The van der Waals surface area contributed by atoms with Gasteiger partial charge in [0.2, 0.25) is 0 Å². The molecule has 0 bridgehead atoms. The molecule has 9 heavy (non-hydrogen) atoms. The number of hydrogen-bond donors (Lipinski definition) is 0. The number of hydrogen-bond acceptors (Lipinski definition) is 2. The molecule has 0 atom stereocenters. The Hall–Kier alpha value is 0.500. The quantitative estimate of drug-likeness (QED) is 0.358. The standard InChI is InChI=1S/C5H10Cl2O2/c1-8-4-9-3-2-5(6)7/h5H,2-4H2,1H3. The molecule has 0 rings (SSSR count). The molecule has 0 aromatic rings. The van der Waals surface area contributed by atoms with E-state index in [2.05, 4.69) is 4.74 Å². The predicted molar refractivity (Wildman–Crippen MR) is 37.9 cm³/mol. The molecule has 0 aliphatic carbocycles. The minimum Gasteiger partial charge on any atom is -0.359 e. The van der Waals surface area contributed by atoms with Crippen LogP contribution in [0.15, 0.2) is 0 Å². The van der Waals surface area contributed by atoms with Crippen molar-refractivity contribution >= 4 is 23.2 Å². The molecular formula is C5H10Cl2O2. The largest absolute Gasteiger partial charge is 0.359 e. The van der Waals surface area contributed by atoms with Crippen molar-refractivity contribution in [2.75, 3.05) is 20.5 Å². The highest BCUT2D eigenvalue weighted by Gasteiger charge is 1.96. The fraction of sp³-hybridized carbons (Fsp3) is 1.00. The Bertz CT molecular complexity index is 58.9. The first-order valence-electron chi connectivity index (χ1n) is 2.62. The van der Waals surface area contributed by atoms with E-state index >= 15 is 0 Å². The third-order valence-corrected chi connectivity index (χ3v) is 1.12. The van der Waals surface area contributed by atoms with Gasteiger partial charge in [-0.25, -0.2) is 0 Å². The highest BCUT2D eigenvalue weighted by Crippen LogP contribution is 2.05. The van der Waals surface area contributed by atoms with Crippen molar-refractivity contribution in [1.29, 1.82) is 0 Å². The third-order valence-electron chi connectivity index (χ3n) is 0.682. The molecule has 0 unspecified atom stereocenters. The van der Waals surface area contributed by atoms with Crippen LogP contribution in [0.25, 0.3) is 0 Å². The second-order valence-corrected chi connectivity index (χ2v) is 2.77. The van der Waals surface area contributed by atoms with Crippen LogP contribution >= 0.6 is 23.2 Å². The van der Waals surface area contributed by atoms with Crippen LogP contribution in [0.4, 0.5) is 0 Å². The fourth-order valence-electron chi connectivity index (χ4n) is 0.315. The zero-order valence-electron chi connectivity index (χ0n) is 5.27. The molecule has 56 valence electrons. The predicted octanol–water partition coefficient (Wildman–Crippen LogP) is 1.80. The number of methoxy groups -OCH3 is 1.